The minimum Gasteiger partial charge on any atom is -0.475 e. The first-order valence-corrected chi connectivity index (χ1v) is 8.34. The lowest BCUT2D eigenvalue weighted by Crippen LogP contribution is -2.32. The molecule has 2 aliphatic rings. The molecule has 1 aromatic rings. The van der Waals surface area contributed by atoms with Gasteiger partial charge in [-0.1, -0.05) is 0 Å². The standard InChI is InChI=1S/C15H22N2O2.C2HF3O2/c1-18-8-4-13-9-15(19-11-13)5-7-17(12-15)14-3-2-6-16-10-14;3-2(4,5)1(6)7/h2-3,6,10,13H,4-5,7-9,11-12H2,1H3;(H,6,7). The van der Waals surface area contributed by atoms with Crippen molar-refractivity contribution in [2.24, 2.45) is 5.92 Å². The second-order valence-electron chi connectivity index (χ2n) is 6.53. The van der Waals surface area contributed by atoms with E-state index in [2.05, 4.69) is 16.0 Å². The number of anilines is 1. The third-order valence-corrected chi connectivity index (χ3v) is 4.59. The molecule has 1 aromatic heterocycles. The number of pyridine rings is 1. The highest BCUT2D eigenvalue weighted by molar-refractivity contribution is 5.73. The maximum absolute atomic E-state index is 10.6. The maximum Gasteiger partial charge on any atom is 0.490 e. The molecule has 2 fully saturated rings. The average Bonchev–Trinajstić information content (AvgIpc) is 3.21. The molecule has 146 valence electrons. The molecule has 2 atom stereocenters. The van der Waals surface area contributed by atoms with Crippen LogP contribution in [0.3, 0.4) is 0 Å². The largest absolute Gasteiger partial charge is 0.490 e. The molecule has 0 saturated carbocycles. The van der Waals surface area contributed by atoms with Gasteiger partial charge in [0.05, 0.1) is 24.1 Å². The van der Waals surface area contributed by atoms with E-state index < -0.39 is 12.1 Å². The Balaban J connectivity index is 0.000000298. The summed E-state index contributed by atoms with van der Waals surface area (Å²) in [4.78, 5) is 15.5. The van der Waals surface area contributed by atoms with Crippen LogP contribution >= 0.6 is 0 Å². The van der Waals surface area contributed by atoms with Gasteiger partial charge in [0.15, 0.2) is 0 Å². The minimum atomic E-state index is -5.08. The number of alkyl halides is 3. The average molecular weight is 376 g/mol. The summed E-state index contributed by atoms with van der Waals surface area (Å²) >= 11 is 0. The van der Waals surface area contributed by atoms with Crippen molar-refractivity contribution in [3.05, 3.63) is 24.5 Å². The van der Waals surface area contributed by atoms with Crippen LogP contribution in [0.4, 0.5) is 18.9 Å². The molecule has 6 nitrogen and oxygen atoms in total. The van der Waals surface area contributed by atoms with Gasteiger partial charge in [0.25, 0.3) is 0 Å². The first-order chi connectivity index (χ1) is 12.3. The highest BCUT2D eigenvalue weighted by Crippen LogP contribution is 2.40. The molecule has 26 heavy (non-hydrogen) atoms. The summed E-state index contributed by atoms with van der Waals surface area (Å²) in [5.74, 6) is -2.10. The Labute approximate surface area is 149 Å². The lowest BCUT2D eigenvalue weighted by Gasteiger charge is -2.24. The lowest BCUT2D eigenvalue weighted by atomic mass is 9.92. The molecule has 3 rings (SSSR count). The van der Waals surface area contributed by atoms with Gasteiger partial charge < -0.3 is 19.5 Å². The van der Waals surface area contributed by atoms with Crippen LogP contribution in [0.2, 0.25) is 0 Å². The highest BCUT2D eigenvalue weighted by atomic mass is 19.4. The molecule has 2 unspecified atom stereocenters. The van der Waals surface area contributed by atoms with Crippen LogP contribution in [0.15, 0.2) is 24.5 Å². The summed E-state index contributed by atoms with van der Waals surface area (Å²) in [7, 11) is 1.77. The summed E-state index contributed by atoms with van der Waals surface area (Å²) in [5.41, 5.74) is 1.29. The minimum absolute atomic E-state index is 0.0776. The molecule has 3 heterocycles. The van der Waals surface area contributed by atoms with Gasteiger partial charge in [-0.15, -0.1) is 0 Å². The number of ether oxygens (including phenoxy) is 2. The zero-order valence-electron chi connectivity index (χ0n) is 14.5. The summed E-state index contributed by atoms with van der Waals surface area (Å²) in [6, 6.07) is 4.13. The van der Waals surface area contributed by atoms with E-state index in [-0.39, 0.29) is 5.60 Å². The first-order valence-electron chi connectivity index (χ1n) is 8.34. The topological polar surface area (TPSA) is 71.9 Å². The van der Waals surface area contributed by atoms with Gasteiger partial charge >= 0.3 is 12.1 Å². The Hall–Kier alpha value is -1.87. The van der Waals surface area contributed by atoms with Crippen LogP contribution in [0.25, 0.3) is 0 Å². The maximum atomic E-state index is 10.6. The van der Waals surface area contributed by atoms with Gasteiger partial charge in [0, 0.05) is 33.0 Å². The summed E-state index contributed by atoms with van der Waals surface area (Å²) in [5, 5.41) is 7.12. The Bertz CT molecular complexity index is 585. The quantitative estimate of drug-likeness (QED) is 0.871. The molecule has 0 radical (unpaired) electrons. The Morgan fingerprint density at radius 1 is 1.54 bits per heavy atom. The van der Waals surface area contributed by atoms with Gasteiger partial charge in [0.2, 0.25) is 0 Å². The number of hydrogen-bond donors (Lipinski definition) is 1. The second kappa shape index (κ2) is 8.68. The Morgan fingerprint density at radius 3 is 2.85 bits per heavy atom. The fraction of sp³-hybridized carbons (Fsp3) is 0.647. The van der Waals surface area contributed by atoms with E-state index >= 15 is 0 Å². The number of nitrogens with zero attached hydrogens (tertiary/aromatic N) is 2. The second-order valence-corrected chi connectivity index (χ2v) is 6.53. The molecule has 0 aliphatic carbocycles. The number of aromatic nitrogens is 1. The van der Waals surface area contributed by atoms with E-state index in [0.29, 0.717) is 5.92 Å². The Morgan fingerprint density at radius 2 is 2.27 bits per heavy atom. The third-order valence-electron chi connectivity index (χ3n) is 4.59. The number of hydrogen-bond acceptors (Lipinski definition) is 5. The molecular weight excluding hydrogens is 353 g/mol. The smallest absolute Gasteiger partial charge is 0.475 e. The van der Waals surface area contributed by atoms with Crippen molar-refractivity contribution in [3.63, 3.8) is 0 Å². The monoisotopic (exact) mass is 376 g/mol. The molecule has 1 N–H and O–H groups in total. The molecule has 1 spiro atoms. The highest BCUT2D eigenvalue weighted by Gasteiger charge is 2.45. The van der Waals surface area contributed by atoms with Crippen LogP contribution in [0.5, 0.6) is 0 Å². The number of carboxylic acid groups (broad SMARTS) is 1. The number of carbonyl (C=O) groups is 1. The van der Waals surface area contributed by atoms with Crippen LogP contribution in [-0.4, -0.2) is 61.3 Å². The summed E-state index contributed by atoms with van der Waals surface area (Å²) < 4.78 is 43.1. The van der Waals surface area contributed by atoms with E-state index in [1.807, 2.05) is 18.5 Å². The van der Waals surface area contributed by atoms with E-state index in [0.717, 1.165) is 39.1 Å². The van der Waals surface area contributed by atoms with Gasteiger partial charge in [-0.25, -0.2) is 4.79 Å². The van der Waals surface area contributed by atoms with Crippen molar-refractivity contribution in [1.82, 2.24) is 4.98 Å². The predicted octanol–water partition coefficient (Wildman–Crippen LogP) is 2.74. The Kier molecular flexibility index (Phi) is 6.82. The number of aliphatic carboxylic acids is 1. The zero-order chi connectivity index (χ0) is 19.2. The number of carboxylic acids is 1. The van der Waals surface area contributed by atoms with Crippen molar-refractivity contribution in [2.45, 2.75) is 31.0 Å². The molecule has 0 amide bonds. The first kappa shape index (κ1) is 20.4. The lowest BCUT2D eigenvalue weighted by molar-refractivity contribution is -0.192. The third kappa shape index (κ3) is 5.57. The van der Waals surface area contributed by atoms with Crippen LogP contribution < -0.4 is 4.90 Å². The molecule has 2 saturated heterocycles. The normalized spacial score (nSPS) is 25.2. The predicted molar refractivity (Wildman–Crippen MR) is 88.0 cm³/mol. The number of rotatable bonds is 4. The molecule has 0 bridgehead atoms. The van der Waals surface area contributed by atoms with Gasteiger partial charge in [0.1, 0.15) is 0 Å². The van der Waals surface area contributed by atoms with Crippen molar-refractivity contribution in [2.75, 3.05) is 38.3 Å². The summed E-state index contributed by atoms with van der Waals surface area (Å²) in [6.07, 6.45) is 2.10. The van der Waals surface area contributed by atoms with Crippen molar-refractivity contribution in [3.8, 4) is 0 Å². The number of methoxy groups -OCH3 is 1. The summed E-state index contributed by atoms with van der Waals surface area (Å²) in [6.45, 7) is 3.81. The van der Waals surface area contributed by atoms with Crippen molar-refractivity contribution >= 4 is 11.7 Å². The van der Waals surface area contributed by atoms with Gasteiger partial charge in [-0.3, -0.25) is 4.98 Å². The zero-order valence-corrected chi connectivity index (χ0v) is 14.5. The van der Waals surface area contributed by atoms with Crippen LogP contribution in [0.1, 0.15) is 19.3 Å². The number of halogens is 3. The van der Waals surface area contributed by atoms with Crippen LogP contribution in [0, 0.1) is 5.92 Å². The molecule has 9 heteroatoms. The van der Waals surface area contributed by atoms with Crippen molar-refractivity contribution in [1.29, 1.82) is 0 Å². The fourth-order valence-corrected chi connectivity index (χ4v) is 3.30. The van der Waals surface area contributed by atoms with Gasteiger partial charge in [-0.05, 0) is 37.3 Å². The van der Waals surface area contributed by atoms with E-state index in [4.69, 9.17) is 19.4 Å². The van der Waals surface area contributed by atoms with Crippen molar-refractivity contribution < 1.29 is 32.5 Å². The van der Waals surface area contributed by atoms with E-state index in [1.54, 1.807) is 7.11 Å². The van der Waals surface area contributed by atoms with Crippen LogP contribution in [-0.2, 0) is 14.3 Å². The molecule has 2 aliphatic heterocycles. The molecule has 0 aromatic carbocycles. The fourth-order valence-electron chi connectivity index (χ4n) is 3.30. The molecular formula is C17H23F3N2O4. The van der Waals surface area contributed by atoms with E-state index in [1.165, 1.54) is 12.1 Å². The van der Waals surface area contributed by atoms with E-state index in [9.17, 15) is 13.2 Å². The van der Waals surface area contributed by atoms with Gasteiger partial charge in [-0.2, -0.15) is 13.2 Å². The SMILES string of the molecule is COCCC1COC2(CCN(c3cccnc3)C2)C1.O=C(O)C(F)(F)F.